The molecular weight excluding hydrogens is 112 g/mol. The van der Waals surface area contributed by atoms with Crippen molar-refractivity contribution in [3.63, 3.8) is 0 Å². The van der Waals surface area contributed by atoms with Crippen molar-refractivity contribution in [3.8, 4) is 0 Å². The van der Waals surface area contributed by atoms with Crippen LogP contribution in [0.3, 0.4) is 0 Å². The summed E-state index contributed by atoms with van der Waals surface area (Å²) in [5.41, 5.74) is 0. The molecule has 0 saturated carbocycles. The second-order valence-electron chi connectivity index (χ2n) is 2.58. The van der Waals surface area contributed by atoms with Crippen molar-refractivity contribution in [3.05, 3.63) is 12.2 Å². The van der Waals surface area contributed by atoms with Crippen LogP contribution >= 0.6 is 0 Å². The molecule has 0 fully saturated rings. The quantitative estimate of drug-likeness (QED) is 0.427. The third-order valence-electron chi connectivity index (χ3n) is 1.71. The molecule has 1 N–H and O–H groups in total. The largest absolute Gasteiger partial charge is 0.312 e. The van der Waals surface area contributed by atoms with Crippen molar-refractivity contribution in [1.82, 2.24) is 4.90 Å². The van der Waals surface area contributed by atoms with Crippen LogP contribution < -0.4 is 0 Å². The molecule has 9 heavy (non-hydrogen) atoms. The molecule has 1 aliphatic rings. The van der Waals surface area contributed by atoms with Crippen LogP contribution in [0.25, 0.3) is 0 Å². The minimum absolute atomic E-state index is 0.361. The van der Waals surface area contributed by atoms with Crippen molar-refractivity contribution >= 4 is 6.21 Å². The summed E-state index contributed by atoms with van der Waals surface area (Å²) < 4.78 is 0. The summed E-state index contributed by atoms with van der Waals surface area (Å²) >= 11 is 0. The molecule has 1 aliphatic carbocycles. The van der Waals surface area contributed by atoms with Gasteiger partial charge in [0.2, 0.25) is 0 Å². The van der Waals surface area contributed by atoms with Gasteiger partial charge in [-0.25, -0.2) is 0 Å². The van der Waals surface area contributed by atoms with Gasteiger partial charge in [-0.3, -0.25) is 0 Å². The second kappa shape index (κ2) is 2.31. The van der Waals surface area contributed by atoms with E-state index in [0.717, 1.165) is 0 Å². The van der Waals surface area contributed by atoms with E-state index in [0.29, 0.717) is 12.0 Å². The molecule has 1 rings (SSSR count). The zero-order chi connectivity index (χ0) is 6.85. The lowest BCUT2D eigenvalue weighted by Crippen LogP contribution is -2.38. The maximum absolute atomic E-state index is 6.98. The second-order valence-corrected chi connectivity index (χ2v) is 2.58. The molecule has 0 spiro atoms. The molecule has 2 atom stereocenters. The van der Waals surface area contributed by atoms with E-state index in [1.807, 2.05) is 14.1 Å². The van der Waals surface area contributed by atoms with Gasteiger partial charge in [0.15, 0.2) is 0 Å². The number of hydrogen-bond acceptors (Lipinski definition) is 2. The van der Waals surface area contributed by atoms with E-state index < -0.39 is 0 Å². The third kappa shape index (κ3) is 1.03. The van der Waals surface area contributed by atoms with Crippen molar-refractivity contribution in [2.75, 3.05) is 14.1 Å². The fourth-order valence-corrected chi connectivity index (χ4v) is 1.01. The minimum Gasteiger partial charge on any atom is -0.312 e. The lowest BCUT2D eigenvalue weighted by Gasteiger charge is -2.31. The Balaban J connectivity index is 2.48. The fourth-order valence-electron chi connectivity index (χ4n) is 1.01. The number of hydrogen-bond donors (Lipinski definition) is 1. The van der Waals surface area contributed by atoms with Gasteiger partial charge in [-0.2, -0.15) is 0 Å². The first-order valence-electron chi connectivity index (χ1n) is 3.11. The van der Waals surface area contributed by atoms with E-state index >= 15 is 0 Å². The number of nitrogens with one attached hydrogen (secondary N) is 1. The van der Waals surface area contributed by atoms with Gasteiger partial charge in [0.05, 0.1) is 0 Å². The van der Waals surface area contributed by atoms with Gasteiger partial charge in [-0.1, -0.05) is 12.2 Å². The fraction of sp³-hybridized carbons (Fsp3) is 0.571. The SMILES string of the molecule is CN(C)C1C=CC1C=N. The van der Waals surface area contributed by atoms with Gasteiger partial charge >= 0.3 is 0 Å². The van der Waals surface area contributed by atoms with Crippen LogP contribution in [0.1, 0.15) is 0 Å². The highest BCUT2D eigenvalue weighted by atomic mass is 15.1. The topological polar surface area (TPSA) is 27.1 Å². The van der Waals surface area contributed by atoms with Gasteiger partial charge < -0.3 is 10.3 Å². The smallest absolute Gasteiger partial charge is 0.0384 e. The van der Waals surface area contributed by atoms with Gasteiger partial charge in [-0.05, 0) is 14.1 Å². The standard InChI is InChI=1S/C7H12N2/c1-9(2)7-4-3-6(7)5-8/h3-8H,1-2H3. The predicted octanol–water partition coefficient (Wildman–Crippen LogP) is 0.752. The van der Waals surface area contributed by atoms with Gasteiger partial charge in [0.25, 0.3) is 0 Å². The van der Waals surface area contributed by atoms with E-state index in [4.69, 9.17) is 5.41 Å². The molecule has 0 saturated heterocycles. The van der Waals surface area contributed by atoms with Gasteiger partial charge in [0.1, 0.15) is 0 Å². The number of likely N-dealkylation sites (N-methyl/N-ethyl adjacent to an activating group) is 1. The lowest BCUT2D eigenvalue weighted by atomic mass is 9.89. The molecule has 0 aromatic carbocycles. The normalized spacial score (nSPS) is 32.3. The zero-order valence-electron chi connectivity index (χ0n) is 5.83. The molecule has 0 bridgehead atoms. The summed E-state index contributed by atoms with van der Waals surface area (Å²) in [5, 5.41) is 6.98. The van der Waals surface area contributed by atoms with Gasteiger partial charge in [-0.15, -0.1) is 0 Å². The molecule has 0 amide bonds. The van der Waals surface area contributed by atoms with Gasteiger partial charge in [0, 0.05) is 18.2 Å². The van der Waals surface area contributed by atoms with Crippen LogP contribution in [0.15, 0.2) is 12.2 Å². The first kappa shape index (κ1) is 6.49. The number of rotatable bonds is 2. The Bertz CT molecular complexity index is 138. The Morgan fingerprint density at radius 3 is 2.22 bits per heavy atom. The van der Waals surface area contributed by atoms with Crippen LogP contribution in [0.4, 0.5) is 0 Å². The Kier molecular flexibility index (Phi) is 1.67. The van der Waals surface area contributed by atoms with Crippen LogP contribution in [0, 0.1) is 11.3 Å². The number of nitrogens with zero attached hydrogens (tertiary/aromatic N) is 1. The van der Waals surface area contributed by atoms with E-state index in [9.17, 15) is 0 Å². The van der Waals surface area contributed by atoms with E-state index in [1.54, 1.807) is 0 Å². The first-order valence-corrected chi connectivity index (χ1v) is 3.11. The maximum Gasteiger partial charge on any atom is 0.0384 e. The molecular formula is C7H12N2. The van der Waals surface area contributed by atoms with Crippen molar-refractivity contribution < 1.29 is 0 Å². The van der Waals surface area contributed by atoms with Crippen LogP contribution in [-0.2, 0) is 0 Å². The van der Waals surface area contributed by atoms with Crippen LogP contribution in [0.2, 0.25) is 0 Å². The molecule has 2 nitrogen and oxygen atoms in total. The molecule has 0 heterocycles. The summed E-state index contributed by atoms with van der Waals surface area (Å²) in [6, 6.07) is 0.475. The summed E-state index contributed by atoms with van der Waals surface area (Å²) in [5.74, 6) is 0.361. The highest BCUT2D eigenvalue weighted by Gasteiger charge is 2.22. The Hall–Kier alpha value is -0.630. The van der Waals surface area contributed by atoms with Crippen molar-refractivity contribution in [2.24, 2.45) is 5.92 Å². The van der Waals surface area contributed by atoms with Crippen molar-refractivity contribution in [1.29, 1.82) is 5.41 Å². The monoisotopic (exact) mass is 124 g/mol. The molecule has 2 unspecified atom stereocenters. The van der Waals surface area contributed by atoms with Crippen LogP contribution in [0.5, 0.6) is 0 Å². The summed E-state index contributed by atoms with van der Waals surface area (Å²) in [7, 11) is 4.06. The van der Waals surface area contributed by atoms with Crippen LogP contribution in [-0.4, -0.2) is 31.3 Å². The summed E-state index contributed by atoms with van der Waals surface area (Å²) in [4.78, 5) is 2.12. The highest BCUT2D eigenvalue weighted by molar-refractivity contribution is 5.64. The average Bonchev–Trinajstić information content (AvgIpc) is 1.61. The third-order valence-corrected chi connectivity index (χ3v) is 1.71. The Morgan fingerprint density at radius 2 is 2.11 bits per heavy atom. The first-order chi connectivity index (χ1) is 4.25. The molecule has 0 radical (unpaired) electrons. The molecule has 2 heteroatoms. The molecule has 50 valence electrons. The lowest BCUT2D eigenvalue weighted by molar-refractivity contribution is 0.299. The predicted molar refractivity (Wildman–Crippen MR) is 38.9 cm³/mol. The van der Waals surface area contributed by atoms with E-state index in [2.05, 4.69) is 17.1 Å². The Labute approximate surface area is 55.7 Å². The molecule has 0 aromatic heterocycles. The average molecular weight is 124 g/mol. The Morgan fingerprint density at radius 1 is 1.44 bits per heavy atom. The van der Waals surface area contributed by atoms with E-state index in [-0.39, 0.29) is 0 Å². The summed E-state index contributed by atoms with van der Waals surface area (Å²) in [6.45, 7) is 0. The zero-order valence-corrected chi connectivity index (χ0v) is 5.83. The minimum atomic E-state index is 0.361. The molecule has 0 aliphatic heterocycles. The highest BCUT2D eigenvalue weighted by Crippen LogP contribution is 2.19. The summed E-state index contributed by atoms with van der Waals surface area (Å²) in [6.07, 6.45) is 5.66. The van der Waals surface area contributed by atoms with Crippen molar-refractivity contribution in [2.45, 2.75) is 6.04 Å². The van der Waals surface area contributed by atoms with E-state index in [1.165, 1.54) is 6.21 Å². The molecule has 0 aromatic rings. The maximum atomic E-state index is 6.98.